The minimum Gasteiger partial charge on any atom is -0.508 e. The van der Waals surface area contributed by atoms with Gasteiger partial charge in [-0.1, -0.05) is 83.0 Å². The van der Waals surface area contributed by atoms with Crippen LogP contribution in [0.4, 0.5) is 0 Å². The van der Waals surface area contributed by atoms with Crippen LogP contribution in [0.5, 0.6) is 5.75 Å². The van der Waals surface area contributed by atoms with Gasteiger partial charge in [0, 0.05) is 25.6 Å². The number of unbranched alkanes of at least 4 members (excludes halogenated alkanes) is 1. The second-order valence-corrected chi connectivity index (χ2v) is 23.3. The Hall–Kier alpha value is -9.20. The third kappa shape index (κ3) is 76.8. The van der Waals surface area contributed by atoms with Crippen molar-refractivity contribution in [2.24, 2.45) is 74.9 Å². The number of aromatic nitrogens is 2. The average molecular weight is 1500 g/mol. The number of aryl methyl sites for hydroxylation is 1. The minimum atomic E-state index is -1.02. The lowest BCUT2D eigenvalue weighted by Crippen LogP contribution is -2.36. The van der Waals surface area contributed by atoms with Crippen LogP contribution in [0, 0.1) is 17.2 Å². The predicted molar refractivity (Wildman–Crippen MR) is 386 cm³/mol. The number of imidazole rings is 1. The van der Waals surface area contributed by atoms with E-state index in [4.69, 9.17) is 124 Å². The van der Waals surface area contributed by atoms with Crippen LogP contribution in [0.15, 0.2) is 67.1 Å². The Morgan fingerprint density at radius 2 is 1.06 bits per heavy atom. The zero-order valence-corrected chi connectivity index (χ0v) is 60.0. The molecule has 4 rings (SSSR count). The van der Waals surface area contributed by atoms with Crippen molar-refractivity contribution in [3.8, 4) is 5.75 Å². The molecule has 39 nitrogen and oxygen atoms in total. The normalized spacial score (nSPS) is 13.8. The summed E-state index contributed by atoms with van der Waals surface area (Å²) in [4.78, 5) is 117. The number of rotatable bonds is 32. The van der Waals surface area contributed by atoms with Crippen LogP contribution in [-0.4, -0.2) is 235 Å². The molecule has 0 saturated carbocycles. The Labute approximate surface area is 602 Å². The molecular formula is C63H116N16O23S. The Kier molecular flexibility index (Phi) is 71.4. The number of H-pyrrole nitrogens is 1. The van der Waals surface area contributed by atoms with Gasteiger partial charge in [0.05, 0.1) is 18.6 Å². The van der Waals surface area contributed by atoms with Crippen LogP contribution in [0.2, 0.25) is 0 Å². The Bertz CT molecular complexity index is 2760. The highest BCUT2D eigenvalue weighted by molar-refractivity contribution is 7.98. The van der Waals surface area contributed by atoms with Crippen LogP contribution < -0.4 is 73.7 Å². The second-order valence-electron chi connectivity index (χ2n) is 22.3. The molecule has 1 saturated heterocycles. The Balaban J connectivity index is -0.000000198. The average Bonchev–Trinajstić information content (AvgIpc) is 1.63. The van der Waals surface area contributed by atoms with Gasteiger partial charge in [0.15, 0.2) is 5.96 Å². The monoisotopic (exact) mass is 1500 g/mol. The highest BCUT2D eigenvalue weighted by atomic mass is 32.2. The van der Waals surface area contributed by atoms with E-state index in [2.05, 4.69) is 26.3 Å². The first-order chi connectivity index (χ1) is 47.8. The second kappa shape index (κ2) is 68.6. The summed E-state index contributed by atoms with van der Waals surface area (Å²) in [7, 11) is 0. The van der Waals surface area contributed by atoms with Crippen LogP contribution in [0.25, 0.3) is 0 Å². The van der Waals surface area contributed by atoms with Crippen molar-refractivity contribution in [3.05, 3.63) is 83.9 Å². The summed E-state index contributed by atoms with van der Waals surface area (Å²) >= 11 is 1.60. The molecule has 0 bridgehead atoms. The maximum absolute atomic E-state index is 10.4. The van der Waals surface area contributed by atoms with E-state index >= 15 is 0 Å². The molecule has 3 aromatic rings. The fourth-order valence-electron chi connectivity index (χ4n) is 6.25. The molecule has 2 heterocycles. The molecule has 1 fully saturated rings. The van der Waals surface area contributed by atoms with E-state index in [0.717, 1.165) is 55.5 Å². The number of hydrogen-bond acceptors (Lipinski definition) is 26. The number of phenolic OH excluding ortho intramolecular Hbond substituents is 1. The van der Waals surface area contributed by atoms with Gasteiger partial charge in [-0.3, -0.25) is 58.1 Å². The van der Waals surface area contributed by atoms with Gasteiger partial charge in [-0.25, -0.2) is 4.98 Å². The molecule has 1 aliphatic heterocycles. The van der Waals surface area contributed by atoms with Crippen molar-refractivity contribution in [2.45, 2.75) is 179 Å². The Morgan fingerprint density at radius 3 is 1.37 bits per heavy atom. The Morgan fingerprint density at radius 1 is 0.602 bits per heavy atom. The van der Waals surface area contributed by atoms with Crippen LogP contribution in [0.1, 0.15) is 122 Å². The number of nitrogens with two attached hydrogens (primary N) is 11. The maximum atomic E-state index is 10.4. The molecular weight excluding hydrogens is 1380 g/mol. The fraction of sp³-hybridized carbons (Fsp3) is 0.571. The standard InChI is InChI=1S/C9H11NO3.C9H10O2.C6H14N4O2.C6H9N3O2.C6H14N2O2.2C6H13NO2.C5H11NO2S.C5H9NO2.C3H7NO2.C2H5NO2/c10-8(9(12)13)5-6-1-3-7(11)4-2-6;10-9(11)7-6-8-4-2-1-3-5-8;7-4(5(11)12)2-1-3-10-6(8)9;7-5(6(10)11)1-4-2-8-3-9-4;7-4-2-1-3-5(8)6(9)10;1-4(2)3-5(7)6(8)9;1-3-4(2)5(7)6(8)9;1-9-3-2-4(6)5(7)8;7-5(8)4-2-1-3-6-4;1-2(4)3(5)6;3-1-2(4)5/h1-4,8,11H,5,10H2,(H,12,13);1-5H,6-7H2,(H,10,11);4H,1-3,7H2,(H,11,12)(H4,8,9,10);2-3,5H,1,7H2,(H,8,9)(H,10,11);5H,1-4,7-8H2,(H,9,10);2*4-5H,3,7H2,1-2H3,(H,8,9);4H,2-3,6H2,1H3,(H,7,8);4,6H,1-3H2,(H,7,8);2H,4H2,1H3,(H,5,6);1,3H2,(H,4,5)/t8-;;4-;3*5-;4-,5-;2*4-;2-;/m0.00000000./s1. The third-order valence-corrected chi connectivity index (χ3v) is 13.2. The molecule has 0 unspecified atom stereocenters. The molecule has 1 aromatic heterocycles. The number of hydrogen-bond donors (Lipinski definition) is 27. The number of carbonyl (C=O) groups is 11. The van der Waals surface area contributed by atoms with Gasteiger partial charge in [0.1, 0.15) is 60.1 Å². The molecule has 592 valence electrons. The molecule has 10 atom stereocenters. The topological polar surface area (TPSA) is 793 Å². The summed E-state index contributed by atoms with van der Waals surface area (Å²) in [6, 6.07) is 9.57. The highest BCUT2D eigenvalue weighted by Gasteiger charge is 2.21. The first-order valence-corrected chi connectivity index (χ1v) is 33.3. The number of aromatic hydroxyl groups is 1. The lowest BCUT2D eigenvalue weighted by molar-refractivity contribution is -0.140. The summed E-state index contributed by atoms with van der Waals surface area (Å²) < 4.78 is 0. The van der Waals surface area contributed by atoms with E-state index < -0.39 is 114 Å². The van der Waals surface area contributed by atoms with Crippen molar-refractivity contribution >= 4 is 83.4 Å². The zero-order valence-electron chi connectivity index (χ0n) is 59.2. The van der Waals surface area contributed by atoms with Crippen LogP contribution >= 0.6 is 11.8 Å². The van der Waals surface area contributed by atoms with Crippen LogP contribution in [0.3, 0.4) is 0 Å². The molecule has 0 aliphatic carbocycles. The van der Waals surface area contributed by atoms with Crippen molar-refractivity contribution in [2.75, 3.05) is 38.2 Å². The van der Waals surface area contributed by atoms with E-state index in [1.807, 2.05) is 64.3 Å². The third-order valence-electron chi connectivity index (χ3n) is 12.5. The van der Waals surface area contributed by atoms with E-state index in [0.29, 0.717) is 63.2 Å². The molecule has 40 heteroatoms. The number of guanidine groups is 1. The van der Waals surface area contributed by atoms with E-state index in [9.17, 15) is 52.7 Å². The molecule has 1 aliphatic rings. The summed E-state index contributed by atoms with van der Waals surface area (Å²) in [5, 5.41) is 112. The van der Waals surface area contributed by atoms with Crippen molar-refractivity contribution < 1.29 is 114 Å². The van der Waals surface area contributed by atoms with Gasteiger partial charge >= 0.3 is 65.7 Å². The number of carboxylic acids is 11. The largest absolute Gasteiger partial charge is 0.508 e. The van der Waals surface area contributed by atoms with E-state index in [1.165, 1.54) is 25.4 Å². The smallest absolute Gasteiger partial charge is 0.320 e. The summed E-state index contributed by atoms with van der Waals surface area (Å²) in [6.07, 6.45) is 13.3. The van der Waals surface area contributed by atoms with Gasteiger partial charge in [0.25, 0.3) is 0 Å². The van der Waals surface area contributed by atoms with Crippen molar-refractivity contribution in [1.29, 1.82) is 5.41 Å². The summed E-state index contributed by atoms with van der Waals surface area (Å²) in [5.74, 6) is -8.80. The SMILES string of the molecule is CC(C)C[C@H](N)C(=O)O.CC[C@H](C)[C@H](N)C(=O)O.CSCC[C@H](N)C(=O)O.C[C@H](N)C(=O)O.N=C(N)NCCC[C@H](N)C(=O)O.NCC(=O)O.NCCCC[C@H](N)C(=O)O.N[C@@H](Cc1c[nH]cn1)C(=O)O.N[C@@H](Cc1ccc(O)cc1)C(=O)O.O=C(O)CCc1ccccc1.O=C(O)[C@@H]1CCCN1. The van der Waals surface area contributed by atoms with Gasteiger partial charge < -0.3 is 140 Å². The number of thioether (sulfide) groups is 1. The number of aliphatic carboxylic acids is 11. The first-order valence-electron chi connectivity index (χ1n) is 31.9. The van der Waals surface area contributed by atoms with E-state index in [-0.39, 0.29) is 49.5 Å². The molecule has 0 spiro atoms. The quantitative estimate of drug-likeness (QED) is 0.0201. The van der Waals surface area contributed by atoms with Gasteiger partial charge in [-0.2, -0.15) is 11.8 Å². The van der Waals surface area contributed by atoms with Crippen molar-refractivity contribution in [1.82, 2.24) is 20.6 Å². The number of nitrogens with one attached hydrogen (secondary N) is 4. The number of phenols is 1. The van der Waals surface area contributed by atoms with Crippen LogP contribution in [-0.2, 0) is 72.0 Å². The summed E-state index contributed by atoms with van der Waals surface area (Å²) in [5.41, 5.74) is 58.8. The molecule has 38 N–H and O–H groups in total. The van der Waals surface area contributed by atoms with Gasteiger partial charge in [0.2, 0.25) is 0 Å². The summed E-state index contributed by atoms with van der Waals surface area (Å²) in [6.45, 7) is 10.7. The minimum absolute atomic E-state index is 0.0718. The number of carboxylic acid groups (broad SMARTS) is 11. The number of benzene rings is 2. The zero-order chi connectivity index (χ0) is 81.3. The lowest BCUT2D eigenvalue weighted by atomic mass is 10.0. The van der Waals surface area contributed by atoms with E-state index in [1.54, 1.807) is 30.1 Å². The first kappa shape index (κ1) is 107. The number of nitrogens with zero attached hydrogens (tertiary/aromatic N) is 1. The molecule has 2 aromatic carbocycles. The fourth-order valence-corrected chi connectivity index (χ4v) is 6.74. The predicted octanol–water partition coefficient (Wildman–Crippen LogP) is -1.09. The van der Waals surface area contributed by atoms with Gasteiger partial charge in [-0.05, 0) is 131 Å². The lowest BCUT2D eigenvalue weighted by Gasteiger charge is -2.11. The van der Waals surface area contributed by atoms with Gasteiger partial charge in [-0.15, -0.1) is 0 Å². The molecule has 103 heavy (non-hydrogen) atoms. The molecule has 0 amide bonds. The van der Waals surface area contributed by atoms with Crippen molar-refractivity contribution in [3.63, 3.8) is 0 Å². The maximum Gasteiger partial charge on any atom is 0.320 e. The molecule has 0 radical (unpaired) electrons. The number of aromatic amines is 1. The highest BCUT2D eigenvalue weighted by Crippen LogP contribution is 2.11.